The summed E-state index contributed by atoms with van der Waals surface area (Å²) in [6.07, 6.45) is 1.87. The Bertz CT molecular complexity index is 1090. The van der Waals surface area contributed by atoms with Crippen LogP contribution in [0.2, 0.25) is 10.0 Å². The van der Waals surface area contributed by atoms with Crippen molar-refractivity contribution >= 4 is 46.3 Å². The number of likely N-dealkylation sites (tertiary alicyclic amines) is 1. The second-order valence-electron chi connectivity index (χ2n) is 7.79. The molecule has 1 aromatic heterocycles. The van der Waals surface area contributed by atoms with Gasteiger partial charge in [0.25, 0.3) is 5.92 Å². The number of thiazole rings is 1. The molecule has 0 bridgehead atoms. The zero-order chi connectivity index (χ0) is 23.6. The molecule has 1 atom stereocenters. The van der Waals surface area contributed by atoms with Gasteiger partial charge in [-0.15, -0.1) is 11.3 Å². The summed E-state index contributed by atoms with van der Waals surface area (Å²) in [7, 11) is 0. The summed E-state index contributed by atoms with van der Waals surface area (Å²) in [5.74, 6) is -2.92. The predicted molar refractivity (Wildman–Crippen MR) is 125 cm³/mol. The number of esters is 1. The molecule has 1 aromatic carbocycles. The first-order valence-corrected chi connectivity index (χ1v) is 12.1. The maximum absolute atomic E-state index is 14.1. The molecular formula is C22H22Cl2F2N4O2S. The normalized spacial score (nSPS) is 20.9. The lowest BCUT2D eigenvalue weighted by Gasteiger charge is -2.35. The Morgan fingerprint density at radius 3 is 2.88 bits per heavy atom. The van der Waals surface area contributed by atoms with Crippen LogP contribution in [0.4, 0.5) is 8.78 Å². The van der Waals surface area contributed by atoms with Gasteiger partial charge in [0.05, 0.1) is 18.7 Å². The van der Waals surface area contributed by atoms with Gasteiger partial charge in [0, 0.05) is 45.8 Å². The molecule has 176 valence electrons. The quantitative estimate of drug-likeness (QED) is 0.543. The summed E-state index contributed by atoms with van der Waals surface area (Å²) in [5, 5.41) is 6.36. The molecule has 2 aliphatic heterocycles. The van der Waals surface area contributed by atoms with Crippen LogP contribution in [0.1, 0.15) is 36.4 Å². The summed E-state index contributed by atoms with van der Waals surface area (Å²) in [6.45, 7) is 2.07. The van der Waals surface area contributed by atoms with Crippen molar-refractivity contribution in [2.24, 2.45) is 4.99 Å². The van der Waals surface area contributed by atoms with E-state index in [4.69, 9.17) is 32.9 Å². The highest BCUT2D eigenvalue weighted by atomic mass is 35.5. The Kier molecular flexibility index (Phi) is 7.33. The van der Waals surface area contributed by atoms with Gasteiger partial charge in [-0.3, -0.25) is 9.89 Å². The van der Waals surface area contributed by atoms with Crippen LogP contribution < -0.4 is 5.32 Å². The van der Waals surface area contributed by atoms with E-state index in [1.54, 1.807) is 41.6 Å². The minimum Gasteiger partial charge on any atom is -0.463 e. The van der Waals surface area contributed by atoms with E-state index in [1.807, 2.05) is 0 Å². The molecule has 2 aliphatic rings. The monoisotopic (exact) mass is 514 g/mol. The van der Waals surface area contributed by atoms with Crippen molar-refractivity contribution in [2.75, 3.05) is 26.2 Å². The van der Waals surface area contributed by atoms with Gasteiger partial charge in [0.15, 0.2) is 10.8 Å². The maximum Gasteiger partial charge on any atom is 0.338 e. The number of halogens is 4. The molecule has 0 spiro atoms. The number of rotatable bonds is 6. The van der Waals surface area contributed by atoms with Crippen LogP contribution in [0.5, 0.6) is 0 Å². The first kappa shape index (κ1) is 24.1. The number of benzene rings is 1. The molecule has 3 heterocycles. The van der Waals surface area contributed by atoms with Gasteiger partial charge in [-0.2, -0.15) is 0 Å². The van der Waals surface area contributed by atoms with Gasteiger partial charge in [-0.1, -0.05) is 29.3 Å². The number of aromatic nitrogens is 1. The number of carbonyl (C=O) groups excluding carboxylic acids is 1. The van der Waals surface area contributed by atoms with Gasteiger partial charge >= 0.3 is 5.97 Å². The van der Waals surface area contributed by atoms with E-state index in [9.17, 15) is 13.6 Å². The molecule has 1 saturated heterocycles. The number of carbonyl (C=O) groups is 1. The number of aliphatic imine (C=N–C) groups is 1. The fraction of sp³-hybridized carbons (Fsp3) is 0.409. The summed E-state index contributed by atoms with van der Waals surface area (Å²) in [6, 6.07) is 4.13. The molecule has 0 radical (unpaired) electrons. The predicted octanol–water partition coefficient (Wildman–Crippen LogP) is 5.09. The molecule has 0 unspecified atom stereocenters. The Morgan fingerprint density at radius 1 is 1.39 bits per heavy atom. The Hall–Kier alpha value is -2.07. The van der Waals surface area contributed by atoms with Crippen molar-refractivity contribution in [2.45, 2.75) is 31.7 Å². The Labute approximate surface area is 204 Å². The van der Waals surface area contributed by atoms with Crippen molar-refractivity contribution in [1.29, 1.82) is 0 Å². The number of hydrogen-bond acceptors (Lipinski definition) is 7. The number of ether oxygens (including phenoxy) is 1. The van der Waals surface area contributed by atoms with Crippen LogP contribution in [0.25, 0.3) is 0 Å². The zero-order valence-corrected chi connectivity index (χ0v) is 20.1. The van der Waals surface area contributed by atoms with Crippen molar-refractivity contribution in [1.82, 2.24) is 15.2 Å². The highest BCUT2D eigenvalue weighted by Gasteiger charge is 2.38. The summed E-state index contributed by atoms with van der Waals surface area (Å²) >= 11 is 13.9. The van der Waals surface area contributed by atoms with Gasteiger partial charge in [0.2, 0.25) is 0 Å². The minimum atomic E-state index is -2.78. The lowest BCUT2D eigenvalue weighted by molar-refractivity contribution is -0.139. The average Bonchev–Trinajstić information content (AvgIpc) is 3.28. The van der Waals surface area contributed by atoms with E-state index in [0.717, 1.165) is 0 Å². The molecule has 2 aromatic rings. The molecule has 6 nitrogen and oxygen atoms in total. The molecule has 1 fully saturated rings. The van der Waals surface area contributed by atoms with Crippen molar-refractivity contribution in [3.63, 3.8) is 0 Å². The van der Waals surface area contributed by atoms with Crippen molar-refractivity contribution in [3.05, 3.63) is 61.7 Å². The fourth-order valence-corrected chi connectivity index (χ4v) is 5.07. The van der Waals surface area contributed by atoms with Gasteiger partial charge < -0.3 is 10.1 Å². The Morgan fingerprint density at radius 2 is 2.21 bits per heavy atom. The molecular weight excluding hydrogens is 493 g/mol. The Balaban J connectivity index is 1.81. The lowest BCUT2D eigenvalue weighted by Crippen LogP contribution is -2.46. The van der Waals surface area contributed by atoms with E-state index >= 15 is 0 Å². The third kappa shape index (κ3) is 5.54. The highest BCUT2D eigenvalue weighted by molar-refractivity contribution is 7.11. The van der Waals surface area contributed by atoms with E-state index in [2.05, 4.69) is 10.3 Å². The third-order valence-electron chi connectivity index (χ3n) is 5.37. The van der Waals surface area contributed by atoms with Gasteiger partial charge in [-0.25, -0.2) is 18.6 Å². The third-order valence-corrected chi connectivity index (χ3v) is 6.71. The zero-order valence-electron chi connectivity index (χ0n) is 17.8. The van der Waals surface area contributed by atoms with Crippen LogP contribution in [0.3, 0.4) is 0 Å². The molecule has 0 aliphatic carbocycles. The van der Waals surface area contributed by atoms with Crippen LogP contribution in [0.15, 0.2) is 46.0 Å². The second-order valence-corrected chi connectivity index (χ2v) is 9.53. The average molecular weight is 515 g/mol. The first-order valence-electron chi connectivity index (χ1n) is 10.5. The van der Waals surface area contributed by atoms with E-state index in [-0.39, 0.29) is 31.7 Å². The summed E-state index contributed by atoms with van der Waals surface area (Å²) in [4.78, 5) is 23.8. The number of piperidine rings is 1. The van der Waals surface area contributed by atoms with Crippen LogP contribution >= 0.6 is 34.5 Å². The topological polar surface area (TPSA) is 66.8 Å². The first-order chi connectivity index (χ1) is 15.8. The van der Waals surface area contributed by atoms with E-state index in [0.29, 0.717) is 45.1 Å². The van der Waals surface area contributed by atoms with Crippen LogP contribution in [-0.4, -0.2) is 53.9 Å². The van der Waals surface area contributed by atoms with Gasteiger partial charge in [-0.05, 0) is 32.0 Å². The van der Waals surface area contributed by atoms with Gasteiger partial charge in [0.1, 0.15) is 6.04 Å². The standard InChI is InChI=1S/C22H22Cl2F2N4O2S/c1-2-32-21(31)17-16(11-30-8-3-6-22(25,26)12-30)28-19(20-27-7-9-33-20)29-18(17)14-5-4-13(23)10-15(14)24/h4-5,7,9-10,18H,2-3,6,8,11-12H2,1H3,(H,28,29)/t18-/m0/s1. The smallest absolute Gasteiger partial charge is 0.338 e. The molecule has 0 amide bonds. The molecule has 4 rings (SSSR count). The summed E-state index contributed by atoms with van der Waals surface area (Å²) < 4.78 is 33.5. The minimum absolute atomic E-state index is 0.107. The van der Waals surface area contributed by atoms with Crippen molar-refractivity contribution in [3.8, 4) is 0 Å². The fourth-order valence-electron chi connectivity index (χ4n) is 3.97. The summed E-state index contributed by atoms with van der Waals surface area (Å²) in [5.41, 5.74) is 1.23. The van der Waals surface area contributed by atoms with E-state index in [1.165, 1.54) is 11.3 Å². The SMILES string of the molecule is CCOC(=O)C1=C(CN2CCCC(F)(F)C2)NC(c2nccs2)=N[C@H]1c1ccc(Cl)cc1Cl. The molecule has 1 N–H and O–H groups in total. The number of nitrogens with one attached hydrogen (secondary N) is 1. The number of amidine groups is 1. The largest absolute Gasteiger partial charge is 0.463 e. The maximum atomic E-state index is 14.1. The second kappa shape index (κ2) is 10.0. The van der Waals surface area contributed by atoms with Crippen molar-refractivity contribution < 1.29 is 18.3 Å². The van der Waals surface area contributed by atoms with Crippen LogP contribution in [-0.2, 0) is 9.53 Å². The molecule has 0 saturated carbocycles. The molecule has 11 heteroatoms. The number of hydrogen-bond donors (Lipinski definition) is 1. The highest BCUT2D eigenvalue weighted by Crippen LogP contribution is 2.38. The van der Waals surface area contributed by atoms with Crippen LogP contribution in [0, 0.1) is 0 Å². The molecule has 33 heavy (non-hydrogen) atoms. The number of nitrogens with zero attached hydrogens (tertiary/aromatic N) is 3. The lowest BCUT2D eigenvalue weighted by atomic mass is 9.95. The number of alkyl halides is 2. The van der Waals surface area contributed by atoms with E-state index < -0.39 is 17.9 Å².